The molecule has 1 N–H and O–H groups in total. The Balaban J connectivity index is 2.14. The van der Waals surface area contributed by atoms with Crippen molar-refractivity contribution in [3.63, 3.8) is 0 Å². The Morgan fingerprint density at radius 2 is 1.57 bits per heavy atom. The van der Waals surface area contributed by atoms with Gasteiger partial charge in [0.15, 0.2) is 0 Å². The molecule has 0 spiro atoms. The summed E-state index contributed by atoms with van der Waals surface area (Å²) in [7, 11) is 0. The number of hydrogen-bond donors (Lipinski definition) is 1. The monoisotopic (exact) mass is 288 g/mol. The van der Waals surface area contributed by atoms with Gasteiger partial charge in [0.05, 0.1) is 0 Å². The van der Waals surface area contributed by atoms with E-state index in [0.717, 1.165) is 26.1 Å². The molecule has 2 nitrogen and oxygen atoms in total. The van der Waals surface area contributed by atoms with Crippen molar-refractivity contribution >= 4 is 0 Å². The van der Waals surface area contributed by atoms with E-state index in [0.29, 0.717) is 5.54 Å². The molecule has 1 heterocycles. The Bertz CT molecular complexity index is 443. The average Bonchev–Trinajstić information content (AvgIpc) is 2.50. The van der Waals surface area contributed by atoms with Crippen molar-refractivity contribution in [2.45, 2.75) is 71.5 Å². The number of nitrogens with one attached hydrogen (secondary N) is 1. The normalized spacial score (nSPS) is 21.4. The molecule has 0 unspecified atom stereocenters. The van der Waals surface area contributed by atoms with Gasteiger partial charge in [0, 0.05) is 30.7 Å². The Morgan fingerprint density at radius 3 is 2.10 bits per heavy atom. The Hall–Kier alpha value is -0.860. The summed E-state index contributed by atoms with van der Waals surface area (Å²) in [4.78, 5) is 2.66. The fraction of sp³-hybridized carbons (Fsp3) is 0.684. The van der Waals surface area contributed by atoms with Gasteiger partial charge in [0.25, 0.3) is 0 Å². The van der Waals surface area contributed by atoms with E-state index in [4.69, 9.17) is 0 Å². The molecule has 1 fully saturated rings. The van der Waals surface area contributed by atoms with E-state index >= 15 is 0 Å². The van der Waals surface area contributed by atoms with Crippen molar-refractivity contribution in [3.8, 4) is 0 Å². The van der Waals surface area contributed by atoms with Gasteiger partial charge in [-0.15, -0.1) is 0 Å². The van der Waals surface area contributed by atoms with Crippen LogP contribution in [0.25, 0.3) is 0 Å². The number of aryl methyl sites for hydroxylation is 1. The summed E-state index contributed by atoms with van der Waals surface area (Å²) in [6, 6.07) is 9.15. The average molecular weight is 288 g/mol. The van der Waals surface area contributed by atoms with E-state index in [-0.39, 0.29) is 5.54 Å². The topological polar surface area (TPSA) is 15.3 Å². The summed E-state index contributed by atoms with van der Waals surface area (Å²) in [6.45, 7) is 14.8. The van der Waals surface area contributed by atoms with Crippen LogP contribution in [0.5, 0.6) is 0 Å². The van der Waals surface area contributed by atoms with Gasteiger partial charge in [-0.1, -0.05) is 45.0 Å². The van der Waals surface area contributed by atoms with Crippen LogP contribution in [0.15, 0.2) is 24.3 Å². The Morgan fingerprint density at radius 1 is 1.00 bits per heavy atom. The van der Waals surface area contributed by atoms with Gasteiger partial charge in [-0.2, -0.15) is 0 Å². The van der Waals surface area contributed by atoms with Crippen molar-refractivity contribution in [1.29, 1.82) is 0 Å². The number of piperazine rings is 1. The van der Waals surface area contributed by atoms with Crippen molar-refractivity contribution in [3.05, 3.63) is 35.4 Å². The van der Waals surface area contributed by atoms with Crippen LogP contribution in [0.1, 0.15) is 58.6 Å². The van der Waals surface area contributed by atoms with Crippen molar-refractivity contribution in [2.24, 2.45) is 0 Å². The van der Waals surface area contributed by atoms with Crippen LogP contribution >= 0.6 is 0 Å². The third kappa shape index (κ3) is 3.67. The van der Waals surface area contributed by atoms with Crippen molar-refractivity contribution < 1.29 is 0 Å². The molecule has 0 radical (unpaired) electrons. The summed E-state index contributed by atoms with van der Waals surface area (Å²) < 4.78 is 0. The lowest BCUT2D eigenvalue weighted by molar-refractivity contribution is 0.0162. The summed E-state index contributed by atoms with van der Waals surface area (Å²) >= 11 is 0. The smallest absolute Gasteiger partial charge is 0.0304 e. The zero-order valence-electron chi connectivity index (χ0n) is 14.5. The number of rotatable bonds is 5. The van der Waals surface area contributed by atoms with E-state index in [1.54, 1.807) is 0 Å². The van der Waals surface area contributed by atoms with E-state index in [1.807, 2.05) is 0 Å². The third-order valence-electron chi connectivity index (χ3n) is 5.40. The molecule has 0 bridgehead atoms. The highest BCUT2D eigenvalue weighted by molar-refractivity contribution is 5.23. The van der Waals surface area contributed by atoms with Gasteiger partial charge in [-0.05, 0) is 44.2 Å². The van der Waals surface area contributed by atoms with E-state index < -0.39 is 0 Å². The maximum atomic E-state index is 3.81. The van der Waals surface area contributed by atoms with Crippen LogP contribution in [-0.4, -0.2) is 29.1 Å². The lowest BCUT2D eigenvalue weighted by Crippen LogP contribution is -2.67. The fourth-order valence-electron chi connectivity index (χ4n) is 3.25. The standard InChI is InChI=1S/C19H32N2/c1-6-16-9-11-17(12-10-16)13-21-15-19(7-2,8-3)20-14-18(21,4)5/h9-12,20H,6-8,13-15H2,1-5H3. The molecule has 0 saturated carbocycles. The maximum absolute atomic E-state index is 3.81. The van der Waals surface area contributed by atoms with Crippen LogP contribution < -0.4 is 5.32 Å². The van der Waals surface area contributed by atoms with Crippen LogP contribution in [0, 0.1) is 0 Å². The first-order valence-electron chi connectivity index (χ1n) is 8.52. The molecular weight excluding hydrogens is 256 g/mol. The van der Waals surface area contributed by atoms with E-state index in [9.17, 15) is 0 Å². The number of benzene rings is 1. The molecule has 2 heteroatoms. The second-order valence-corrected chi connectivity index (χ2v) is 7.18. The molecule has 1 aromatic carbocycles. The quantitative estimate of drug-likeness (QED) is 0.881. The van der Waals surface area contributed by atoms with Crippen LogP contribution in [0.2, 0.25) is 0 Å². The van der Waals surface area contributed by atoms with Crippen LogP contribution in [0.3, 0.4) is 0 Å². The summed E-state index contributed by atoms with van der Waals surface area (Å²) in [5.74, 6) is 0. The summed E-state index contributed by atoms with van der Waals surface area (Å²) in [5, 5.41) is 3.81. The lowest BCUT2D eigenvalue weighted by atomic mass is 9.84. The predicted octanol–water partition coefficient (Wildman–Crippen LogP) is 3.99. The molecule has 1 aromatic rings. The first kappa shape index (κ1) is 16.5. The molecule has 2 rings (SSSR count). The SMILES string of the molecule is CCc1ccc(CN2CC(CC)(CC)NCC2(C)C)cc1. The molecule has 0 aliphatic carbocycles. The first-order chi connectivity index (χ1) is 9.94. The van der Waals surface area contributed by atoms with Crippen molar-refractivity contribution in [2.75, 3.05) is 13.1 Å². The summed E-state index contributed by atoms with van der Waals surface area (Å²) in [5.41, 5.74) is 3.37. The minimum Gasteiger partial charge on any atom is -0.308 e. The molecule has 21 heavy (non-hydrogen) atoms. The number of nitrogens with zero attached hydrogens (tertiary/aromatic N) is 1. The Labute approximate surface area is 130 Å². The molecule has 1 aliphatic heterocycles. The zero-order valence-corrected chi connectivity index (χ0v) is 14.5. The fourth-order valence-corrected chi connectivity index (χ4v) is 3.25. The minimum absolute atomic E-state index is 0.220. The second-order valence-electron chi connectivity index (χ2n) is 7.18. The van der Waals surface area contributed by atoms with Crippen molar-refractivity contribution in [1.82, 2.24) is 10.2 Å². The molecule has 1 aliphatic rings. The number of hydrogen-bond acceptors (Lipinski definition) is 2. The highest BCUT2D eigenvalue weighted by atomic mass is 15.3. The van der Waals surface area contributed by atoms with Crippen LogP contribution in [-0.2, 0) is 13.0 Å². The van der Waals surface area contributed by atoms with Crippen LogP contribution in [0.4, 0.5) is 0 Å². The third-order valence-corrected chi connectivity index (χ3v) is 5.40. The second kappa shape index (κ2) is 6.50. The van der Waals surface area contributed by atoms with E-state index in [2.05, 4.69) is 69.1 Å². The molecule has 0 amide bonds. The largest absolute Gasteiger partial charge is 0.308 e. The Kier molecular flexibility index (Phi) is 5.11. The predicted molar refractivity (Wildman–Crippen MR) is 91.6 cm³/mol. The van der Waals surface area contributed by atoms with Gasteiger partial charge in [0.1, 0.15) is 0 Å². The van der Waals surface area contributed by atoms with Gasteiger partial charge in [-0.3, -0.25) is 4.90 Å². The first-order valence-corrected chi connectivity index (χ1v) is 8.52. The zero-order chi connectivity index (χ0) is 15.5. The van der Waals surface area contributed by atoms with Gasteiger partial charge in [0.2, 0.25) is 0 Å². The lowest BCUT2D eigenvalue weighted by Gasteiger charge is -2.52. The summed E-state index contributed by atoms with van der Waals surface area (Å²) in [6.07, 6.45) is 3.52. The van der Waals surface area contributed by atoms with E-state index in [1.165, 1.54) is 24.0 Å². The van der Waals surface area contributed by atoms with Gasteiger partial charge < -0.3 is 5.32 Å². The molecule has 1 saturated heterocycles. The minimum atomic E-state index is 0.220. The maximum Gasteiger partial charge on any atom is 0.0304 e. The van der Waals surface area contributed by atoms with Gasteiger partial charge >= 0.3 is 0 Å². The highest BCUT2D eigenvalue weighted by Crippen LogP contribution is 2.29. The molecular formula is C19H32N2. The molecule has 118 valence electrons. The highest BCUT2D eigenvalue weighted by Gasteiger charge is 2.40. The molecule has 0 atom stereocenters. The molecule has 0 aromatic heterocycles. The van der Waals surface area contributed by atoms with Gasteiger partial charge in [-0.25, -0.2) is 0 Å².